The molecule has 0 fully saturated rings. The molecule has 0 aliphatic heterocycles. The molecular weight excluding hydrogens is 226 g/mol. The van der Waals surface area contributed by atoms with E-state index in [2.05, 4.69) is 0 Å². The Hall–Kier alpha value is -1.49. The second-order valence-corrected chi connectivity index (χ2v) is 4.13. The van der Waals surface area contributed by atoms with Crippen LogP contribution >= 0.6 is 0 Å². The van der Waals surface area contributed by atoms with E-state index in [0.29, 0.717) is 6.54 Å². The summed E-state index contributed by atoms with van der Waals surface area (Å²) < 4.78 is 26.6. The van der Waals surface area contributed by atoms with E-state index in [1.165, 1.54) is 11.0 Å². The Bertz CT molecular complexity index is 387. The summed E-state index contributed by atoms with van der Waals surface area (Å²) in [5.74, 6) is -1.76. The van der Waals surface area contributed by atoms with Gasteiger partial charge in [0.15, 0.2) is 0 Å². The highest BCUT2D eigenvalue weighted by Gasteiger charge is 2.16. The fourth-order valence-electron chi connectivity index (χ4n) is 1.52. The first-order chi connectivity index (χ1) is 7.91. The molecule has 1 unspecified atom stereocenters. The maximum Gasteiger partial charge on any atom is 0.227 e. The van der Waals surface area contributed by atoms with Crippen LogP contribution in [-0.2, 0) is 11.2 Å². The topological polar surface area (TPSA) is 46.3 Å². The van der Waals surface area contributed by atoms with Gasteiger partial charge in [-0.1, -0.05) is 6.07 Å². The van der Waals surface area contributed by atoms with E-state index in [-0.39, 0.29) is 23.9 Å². The van der Waals surface area contributed by atoms with Gasteiger partial charge < -0.3 is 10.6 Å². The number of carbonyl (C=O) groups excluding carboxylic acids is 1. The Labute approximate surface area is 99.2 Å². The van der Waals surface area contributed by atoms with Gasteiger partial charge in [0, 0.05) is 25.2 Å². The molecule has 0 aromatic heterocycles. The van der Waals surface area contributed by atoms with E-state index in [1.807, 2.05) is 0 Å². The number of amides is 1. The van der Waals surface area contributed by atoms with Crippen molar-refractivity contribution < 1.29 is 13.6 Å². The van der Waals surface area contributed by atoms with Crippen molar-refractivity contribution >= 4 is 5.91 Å². The molecule has 2 N–H and O–H groups in total. The highest BCUT2D eigenvalue weighted by Crippen LogP contribution is 2.13. The van der Waals surface area contributed by atoms with E-state index in [1.54, 1.807) is 14.0 Å². The van der Waals surface area contributed by atoms with Crippen LogP contribution in [0.15, 0.2) is 18.2 Å². The highest BCUT2D eigenvalue weighted by atomic mass is 19.1. The minimum Gasteiger partial charge on any atom is -0.344 e. The molecule has 0 saturated carbocycles. The minimum atomic E-state index is -0.701. The third-order valence-electron chi connectivity index (χ3n) is 2.38. The lowest BCUT2D eigenvalue weighted by molar-refractivity contribution is -0.129. The third kappa shape index (κ3) is 3.78. The monoisotopic (exact) mass is 242 g/mol. The van der Waals surface area contributed by atoms with Gasteiger partial charge in [0.2, 0.25) is 5.91 Å². The number of benzene rings is 1. The third-order valence-corrected chi connectivity index (χ3v) is 2.38. The molecule has 0 saturated heterocycles. The molecule has 0 radical (unpaired) electrons. The molecule has 1 atom stereocenters. The molecule has 94 valence electrons. The van der Waals surface area contributed by atoms with Crippen LogP contribution in [0.2, 0.25) is 0 Å². The molecule has 17 heavy (non-hydrogen) atoms. The van der Waals surface area contributed by atoms with Crippen molar-refractivity contribution in [1.29, 1.82) is 0 Å². The second-order valence-electron chi connectivity index (χ2n) is 4.13. The fraction of sp³-hybridized carbons (Fsp3) is 0.417. The molecular formula is C12H16F2N2O. The smallest absolute Gasteiger partial charge is 0.227 e. The summed E-state index contributed by atoms with van der Waals surface area (Å²) in [6.07, 6.45) is -0.290. The predicted molar refractivity (Wildman–Crippen MR) is 61.3 cm³/mol. The van der Waals surface area contributed by atoms with Gasteiger partial charge >= 0.3 is 0 Å². The van der Waals surface area contributed by atoms with E-state index in [4.69, 9.17) is 5.73 Å². The van der Waals surface area contributed by atoms with Crippen LogP contribution in [0.5, 0.6) is 0 Å². The minimum absolute atomic E-state index is 0.172. The first-order valence-corrected chi connectivity index (χ1v) is 5.34. The van der Waals surface area contributed by atoms with Crippen molar-refractivity contribution in [3.05, 3.63) is 35.4 Å². The number of rotatable bonds is 4. The van der Waals surface area contributed by atoms with Gasteiger partial charge in [-0.15, -0.1) is 0 Å². The maximum absolute atomic E-state index is 13.3. The Morgan fingerprint density at radius 2 is 1.94 bits per heavy atom. The number of carbonyl (C=O) groups is 1. The number of likely N-dealkylation sites (N-methyl/N-ethyl adjacent to an activating group) is 1. The molecule has 0 aliphatic carbocycles. The first-order valence-electron chi connectivity index (χ1n) is 5.34. The Morgan fingerprint density at radius 1 is 1.41 bits per heavy atom. The van der Waals surface area contributed by atoms with Crippen LogP contribution in [0.25, 0.3) is 0 Å². The van der Waals surface area contributed by atoms with Crippen LogP contribution in [0.3, 0.4) is 0 Å². The lowest BCUT2D eigenvalue weighted by Crippen LogP contribution is -2.37. The van der Waals surface area contributed by atoms with E-state index < -0.39 is 11.6 Å². The number of hydrogen-bond acceptors (Lipinski definition) is 2. The fourth-order valence-corrected chi connectivity index (χ4v) is 1.52. The van der Waals surface area contributed by atoms with Crippen molar-refractivity contribution in [2.24, 2.45) is 5.73 Å². The summed E-state index contributed by atoms with van der Waals surface area (Å²) in [7, 11) is 1.56. The normalized spacial score (nSPS) is 12.3. The van der Waals surface area contributed by atoms with Gasteiger partial charge in [-0.3, -0.25) is 4.79 Å². The van der Waals surface area contributed by atoms with Crippen molar-refractivity contribution in [3.8, 4) is 0 Å². The van der Waals surface area contributed by atoms with Gasteiger partial charge in [-0.2, -0.15) is 0 Å². The number of halogens is 2. The predicted octanol–water partition coefficient (Wildman–Crippen LogP) is 1.31. The number of hydrogen-bond donors (Lipinski definition) is 1. The number of nitrogens with two attached hydrogens (primary N) is 1. The first kappa shape index (κ1) is 13.6. The molecule has 0 spiro atoms. The lowest BCUT2D eigenvalue weighted by Gasteiger charge is -2.19. The summed E-state index contributed by atoms with van der Waals surface area (Å²) in [5.41, 5.74) is 5.34. The SMILES string of the molecule is CC(N)CN(C)C(=O)Cc1c(F)cccc1F. The van der Waals surface area contributed by atoms with Crippen LogP contribution in [0.4, 0.5) is 8.78 Å². The highest BCUT2D eigenvalue weighted by molar-refractivity contribution is 5.78. The average molecular weight is 242 g/mol. The van der Waals surface area contributed by atoms with Crippen molar-refractivity contribution in [3.63, 3.8) is 0 Å². The largest absolute Gasteiger partial charge is 0.344 e. The maximum atomic E-state index is 13.3. The van der Waals surface area contributed by atoms with E-state index in [0.717, 1.165) is 12.1 Å². The van der Waals surface area contributed by atoms with Gasteiger partial charge in [0.05, 0.1) is 6.42 Å². The summed E-state index contributed by atoms with van der Waals surface area (Å²) in [6.45, 7) is 2.11. The van der Waals surface area contributed by atoms with Gasteiger partial charge in [-0.05, 0) is 19.1 Å². The zero-order valence-corrected chi connectivity index (χ0v) is 9.91. The zero-order chi connectivity index (χ0) is 13.0. The zero-order valence-electron chi connectivity index (χ0n) is 9.91. The average Bonchev–Trinajstić information content (AvgIpc) is 2.22. The lowest BCUT2D eigenvalue weighted by atomic mass is 10.1. The van der Waals surface area contributed by atoms with Crippen LogP contribution in [-0.4, -0.2) is 30.4 Å². The molecule has 0 bridgehead atoms. The molecule has 1 aromatic rings. The molecule has 0 heterocycles. The Kier molecular flexibility index (Phi) is 4.57. The van der Waals surface area contributed by atoms with Gasteiger partial charge in [-0.25, -0.2) is 8.78 Å². The van der Waals surface area contributed by atoms with Crippen molar-refractivity contribution in [2.75, 3.05) is 13.6 Å². The van der Waals surface area contributed by atoms with Crippen molar-refractivity contribution in [1.82, 2.24) is 4.90 Å². The van der Waals surface area contributed by atoms with Crippen molar-refractivity contribution in [2.45, 2.75) is 19.4 Å². The summed E-state index contributed by atoms with van der Waals surface area (Å²) >= 11 is 0. The van der Waals surface area contributed by atoms with E-state index >= 15 is 0 Å². The molecule has 0 aliphatic rings. The van der Waals surface area contributed by atoms with Crippen LogP contribution < -0.4 is 5.73 Å². The quantitative estimate of drug-likeness (QED) is 0.865. The summed E-state index contributed by atoms with van der Waals surface area (Å²) in [6, 6.07) is 3.37. The Balaban J connectivity index is 2.74. The van der Waals surface area contributed by atoms with Crippen LogP contribution in [0.1, 0.15) is 12.5 Å². The number of nitrogens with zero attached hydrogens (tertiary/aromatic N) is 1. The second kappa shape index (κ2) is 5.72. The Morgan fingerprint density at radius 3 is 2.41 bits per heavy atom. The van der Waals surface area contributed by atoms with E-state index in [9.17, 15) is 13.6 Å². The molecule has 1 rings (SSSR count). The molecule has 1 amide bonds. The van der Waals surface area contributed by atoms with Gasteiger partial charge in [0.1, 0.15) is 11.6 Å². The summed E-state index contributed by atoms with van der Waals surface area (Å²) in [4.78, 5) is 13.1. The van der Waals surface area contributed by atoms with Crippen LogP contribution in [0, 0.1) is 11.6 Å². The summed E-state index contributed by atoms with van der Waals surface area (Å²) in [5, 5.41) is 0. The molecule has 3 nitrogen and oxygen atoms in total. The molecule has 1 aromatic carbocycles. The standard InChI is InChI=1S/C12H16F2N2O/c1-8(15)7-16(2)12(17)6-9-10(13)4-3-5-11(9)14/h3-5,8H,6-7,15H2,1-2H3. The molecule has 5 heteroatoms. The van der Waals surface area contributed by atoms with Gasteiger partial charge in [0.25, 0.3) is 0 Å².